The molecule has 0 saturated carbocycles. The van der Waals surface area contributed by atoms with Crippen LogP contribution >= 0.6 is 0 Å². The summed E-state index contributed by atoms with van der Waals surface area (Å²) in [6.07, 6.45) is 52.2. The monoisotopic (exact) mass is 853 g/mol. The van der Waals surface area contributed by atoms with Gasteiger partial charge in [-0.3, -0.25) is 0 Å². The molecule has 0 amide bonds. The molecule has 0 spiro atoms. The molecule has 1 aromatic rings. The van der Waals surface area contributed by atoms with Gasteiger partial charge in [0.05, 0.1) is 28.5 Å². The van der Waals surface area contributed by atoms with Gasteiger partial charge in [0.25, 0.3) is 0 Å². The maximum atomic E-state index is 12.9. The third kappa shape index (κ3) is 34.8. The SMILES string of the molecule is CCCCCCCCCCCCCCCCCCC/C=C/OC(=O)c1ccc(S(=O)(=O)[O-])cc1C(=O)O/C=C/CCCCCCCCCCCCCCCCCCC.[Na+]. The van der Waals surface area contributed by atoms with Crippen LogP contribution < -0.4 is 29.6 Å². The van der Waals surface area contributed by atoms with E-state index in [4.69, 9.17) is 9.47 Å². The summed E-state index contributed by atoms with van der Waals surface area (Å²) in [5.41, 5.74) is -0.493. The molecule has 1 aromatic carbocycles. The Bertz CT molecular complexity index is 1310. The number of hydrogen-bond acceptors (Lipinski definition) is 7. The van der Waals surface area contributed by atoms with Gasteiger partial charge in [-0.05, 0) is 56.0 Å². The van der Waals surface area contributed by atoms with Gasteiger partial charge in [-0.2, -0.15) is 0 Å². The van der Waals surface area contributed by atoms with Crippen LogP contribution in [0.4, 0.5) is 0 Å². The first kappa shape index (κ1) is 57.5. The van der Waals surface area contributed by atoms with Crippen LogP contribution in [0.1, 0.15) is 266 Å². The molecule has 0 fully saturated rings. The van der Waals surface area contributed by atoms with Gasteiger partial charge >= 0.3 is 41.5 Å². The summed E-state index contributed by atoms with van der Waals surface area (Å²) in [5, 5.41) is 0. The molecule has 0 heterocycles. The molecule has 0 aliphatic rings. The van der Waals surface area contributed by atoms with Crippen LogP contribution in [0.5, 0.6) is 0 Å². The van der Waals surface area contributed by atoms with E-state index in [9.17, 15) is 22.6 Å². The molecule has 0 aromatic heterocycles. The molecule has 334 valence electrons. The number of carbonyl (C=O) groups is 2. The number of rotatable bonds is 41. The quantitative estimate of drug-likeness (QED) is 0.0212. The maximum absolute atomic E-state index is 12.9. The zero-order chi connectivity index (χ0) is 42.2. The van der Waals surface area contributed by atoms with Crippen molar-refractivity contribution in [2.75, 3.05) is 0 Å². The van der Waals surface area contributed by atoms with Gasteiger partial charge in [-0.1, -0.05) is 219 Å². The van der Waals surface area contributed by atoms with Crippen molar-refractivity contribution in [1.82, 2.24) is 0 Å². The van der Waals surface area contributed by atoms with E-state index in [1.807, 2.05) is 0 Å². The van der Waals surface area contributed by atoms with Gasteiger partial charge in [0.15, 0.2) is 0 Å². The summed E-state index contributed by atoms with van der Waals surface area (Å²) >= 11 is 0. The Kier molecular flexibility index (Phi) is 40.9. The number of allylic oxidation sites excluding steroid dienone is 2. The Hall–Kier alpha value is -1.45. The summed E-state index contributed by atoms with van der Waals surface area (Å²) in [4.78, 5) is 25.1. The molecule has 0 aliphatic heterocycles. The van der Waals surface area contributed by atoms with Crippen LogP contribution in [-0.2, 0) is 19.6 Å². The standard InChI is InChI=1S/C50H86O7S.Na/c1-3-5-7-9-11-13-15-17-19-21-23-25-27-29-31-33-35-37-39-43-56-49(51)47-42-41-46(58(53,54)55)45-48(47)50(52)57-44-40-38-36-34-32-30-28-26-24-22-20-18-16-14-12-10-8-6-4-2;/h39-45H,3-38H2,1-2H3,(H,53,54,55);/q;+1/p-1/b43-39+,44-40+;. The number of unbranched alkanes of at least 4 members (excludes halogenated alkanes) is 34. The number of ether oxygens (including phenoxy) is 2. The molecular weight excluding hydrogens is 768 g/mol. The Morgan fingerprint density at radius 2 is 0.729 bits per heavy atom. The van der Waals surface area contributed by atoms with Gasteiger partial charge in [0.1, 0.15) is 10.1 Å². The predicted octanol–water partition coefficient (Wildman–Crippen LogP) is 13.0. The first-order valence-electron chi connectivity index (χ1n) is 24.1. The minimum Gasteiger partial charge on any atom is -0.744 e. The third-order valence-corrected chi connectivity index (χ3v) is 12.0. The largest absolute Gasteiger partial charge is 1.00 e. The first-order valence-corrected chi connectivity index (χ1v) is 25.5. The van der Waals surface area contributed by atoms with Crippen LogP contribution in [0.25, 0.3) is 0 Å². The number of esters is 2. The molecule has 1 rings (SSSR count). The van der Waals surface area contributed by atoms with Crippen LogP contribution in [-0.4, -0.2) is 24.9 Å². The number of carbonyl (C=O) groups excluding carboxylic acids is 2. The molecule has 9 heteroatoms. The Morgan fingerprint density at radius 1 is 0.458 bits per heavy atom. The second-order valence-electron chi connectivity index (χ2n) is 16.6. The second kappa shape index (κ2) is 41.9. The molecule has 59 heavy (non-hydrogen) atoms. The normalized spacial score (nSPS) is 11.7. The average Bonchev–Trinajstić information content (AvgIpc) is 3.21. The fourth-order valence-electron chi connectivity index (χ4n) is 7.48. The van der Waals surface area contributed by atoms with Crippen molar-refractivity contribution in [1.29, 1.82) is 0 Å². The molecule has 0 N–H and O–H groups in total. The summed E-state index contributed by atoms with van der Waals surface area (Å²) in [6, 6.07) is 3.01. The van der Waals surface area contributed by atoms with Crippen LogP contribution in [0, 0.1) is 0 Å². The molecular formula is C50H85NaO7S. The summed E-state index contributed by atoms with van der Waals surface area (Å²) in [7, 11) is -4.85. The van der Waals surface area contributed by atoms with Gasteiger partial charge in [-0.25, -0.2) is 18.0 Å². The van der Waals surface area contributed by atoms with Crippen molar-refractivity contribution in [3.63, 3.8) is 0 Å². The fourth-order valence-corrected chi connectivity index (χ4v) is 7.98. The van der Waals surface area contributed by atoms with E-state index in [2.05, 4.69) is 13.8 Å². The van der Waals surface area contributed by atoms with Crippen LogP contribution in [0.15, 0.2) is 47.8 Å². The molecule has 7 nitrogen and oxygen atoms in total. The van der Waals surface area contributed by atoms with E-state index in [0.29, 0.717) is 0 Å². The minimum absolute atomic E-state index is 0. The molecule has 0 radical (unpaired) electrons. The van der Waals surface area contributed by atoms with Gasteiger partial charge in [0.2, 0.25) is 0 Å². The van der Waals surface area contributed by atoms with Gasteiger partial charge in [-0.15, -0.1) is 0 Å². The zero-order valence-electron chi connectivity index (χ0n) is 38.3. The van der Waals surface area contributed by atoms with Gasteiger partial charge in [0, 0.05) is 0 Å². The van der Waals surface area contributed by atoms with E-state index in [1.54, 1.807) is 12.2 Å². The molecule has 0 saturated heterocycles. The molecule has 0 unspecified atom stereocenters. The number of hydrogen-bond donors (Lipinski definition) is 0. The summed E-state index contributed by atoms with van der Waals surface area (Å²) < 4.78 is 45.4. The van der Waals surface area contributed by atoms with Crippen LogP contribution in [0.3, 0.4) is 0 Å². The smallest absolute Gasteiger partial charge is 0.744 e. The molecule has 0 bridgehead atoms. The van der Waals surface area contributed by atoms with Crippen molar-refractivity contribution in [2.24, 2.45) is 0 Å². The second-order valence-corrected chi connectivity index (χ2v) is 18.0. The predicted molar refractivity (Wildman–Crippen MR) is 241 cm³/mol. The van der Waals surface area contributed by atoms with E-state index >= 15 is 0 Å². The van der Waals surface area contributed by atoms with E-state index < -0.39 is 27.0 Å². The number of benzene rings is 1. The van der Waals surface area contributed by atoms with Crippen molar-refractivity contribution < 1.29 is 61.6 Å². The Morgan fingerprint density at radius 3 is 1.02 bits per heavy atom. The van der Waals surface area contributed by atoms with E-state index in [-0.39, 0.29) is 40.7 Å². The minimum atomic E-state index is -4.85. The molecule has 0 atom stereocenters. The van der Waals surface area contributed by atoms with Crippen molar-refractivity contribution in [3.05, 3.63) is 54.0 Å². The van der Waals surface area contributed by atoms with Crippen LogP contribution in [0.2, 0.25) is 0 Å². The molecule has 0 aliphatic carbocycles. The zero-order valence-corrected chi connectivity index (χ0v) is 41.1. The van der Waals surface area contributed by atoms with Crippen molar-refractivity contribution in [2.45, 2.75) is 250 Å². The Labute approximate surface area is 385 Å². The van der Waals surface area contributed by atoms with E-state index in [0.717, 1.165) is 56.7 Å². The van der Waals surface area contributed by atoms with Gasteiger partial charge < -0.3 is 14.0 Å². The topological polar surface area (TPSA) is 110 Å². The van der Waals surface area contributed by atoms with E-state index in [1.165, 1.54) is 205 Å². The summed E-state index contributed by atoms with van der Waals surface area (Å²) in [5.74, 6) is -1.75. The third-order valence-electron chi connectivity index (χ3n) is 11.2. The average molecular weight is 853 g/mol. The maximum Gasteiger partial charge on any atom is 1.00 e. The van der Waals surface area contributed by atoms with Crippen molar-refractivity contribution in [3.8, 4) is 0 Å². The first-order chi connectivity index (χ1) is 28.3. The fraction of sp³-hybridized carbons (Fsp3) is 0.760. The van der Waals surface area contributed by atoms with Crippen molar-refractivity contribution >= 4 is 22.1 Å². The summed E-state index contributed by atoms with van der Waals surface area (Å²) in [6.45, 7) is 4.54. The Balaban J connectivity index is 0.0000336.